The smallest absolute Gasteiger partial charge is 0.321 e. The lowest BCUT2D eigenvalue weighted by Gasteiger charge is -2.32. The highest BCUT2D eigenvalue weighted by Gasteiger charge is 2.26. The van der Waals surface area contributed by atoms with Crippen LogP contribution in [0, 0.1) is 6.92 Å². The van der Waals surface area contributed by atoms with Gasteiger partial charge in [0, 0.05) is 37.1 Å². The number of benzene rings is 1. The van der Waals surface area contributed by atoms with Crippen LogP contribution in [-0.2, 0) is 0 Å². The molecule has 1 aromatic carbocycles. The van der Waals surface area contributed by atoms with Crippen molar-refractivity contribution in [3.05, 3.63) is 42.0 Å². The number of carbonyl (C=O) groups excluding carboxylic acids is 1. The fourth-order valence-corrected chi connectivity index (χ4v) is 3.20. The number of carbonyl (C=O) groups is 1. The van der Waals surface area contributed by atoms with E-state index < -0.39 is 0 Å². The monoisotopic (exact) mass is 342 g/mol. The van der Waals surface area contributed by atoms with Crippen LogP contribution in [-0.4, -0.2) is 40.1 Å². The number of rotatable bonds is 4. The van der Waals surface area contributed by atoms with Crippen molar-refractivity contribution < 1.29 is 9.53 Å². The molecule has 1 saturated heterocycles. The maximum absolute atomic E-state index is 12.6. The van der Waals surface area contributed by atoms with Crippen molar-refractivity contribution in [1.82, 2.24) is 14.9 Å². The first-order chi connectivity index (χ1) is 12.0. The number of nitrogens with one attached hydrogen (secondary N) is 2. The summed E-state index contributed by atoms with van der Waals surface area (Å²) in [4.78, 5) is 22.0. The average Bonchev–Trinajstić information content (AvgIpc) is 3.12. The highest BCUT2D eigenvalue weighted by Crippen LogP contribution is 2.26. The Kier molecular flexibility index (Phi) is 5.26. The maximum atomic E-state index is 12.6. The number of nitrogens with zero attached hydrogens (tertiary/aromatic N) is 2. The number of H-pyrrole nitrogens is 1. The minimum Gasteiger partial charge on any atom is -0.491 e. The second kappa shape index (κ2) is 7.59. The number of aromatic nitrogens is 2. The lowest BCUT2D eigenvalue weighted by molar-refractivity contribution is 0.191. The van der Waals surface area contributed by atoms with Crippen LogP contribution in [0.4, 0.5) is 10.5 Å². The van der Waals surface area contributed by atoms with E-state index in [-0.39, 0.29) is 18.1 Å². The van der Waals surface area contributed by atoms with Crippen molar-refractivity contribution in [2.45, 2.75) is 45.6 Å². The van der Waals surface area contributed by atoms with Gasteiger partial charge in [0.05, 0.1) is 6.10 Å². The normalized spacial score (nSPS) is 17.6. The molecule has 3 rings (SSSR count). The number of amides is 2. The summed E-state index contributed by atoms with van der Waals surface area (Å²) in [5.74, 6) is 2.09. The summed E-state index contributed by atoms with van der Waals surface area (Å²) >= 11 is 0. The van der Waals surface area contributed by atoms with E-state index >= 15 is 0 Å². The van der Waals surface area contributed by atoms with Crippen LogP contribution in [0.5, 0.6) is 5.75 Å². The summed E-state index contributed by atoms with van der Waals surface area (Å²) in [6, 6.07) is 5.68. The Morgan fingerprint density at radius 1 is 1.44 bits per heavy atom. The van der Waals surface area contributed by atoms with E-state index in [1.807, 2.05) is 50.1 Å². The Balaban J connectivity index is 1.62. The number of likely N-dealkylation sites (tertiary alicyclic amines) is 1. The molecule has 1 unspecified atom stereocenters. The van der Waals surface area contributed by atoms with E-state index in [9.17, 15) is 4.79 Å². The Morgan fingerprint density at radius 2 is 2.28 bits per heavy atom. The Labute approximate surface area is 148 Å². The Hall–Kier alpha value is -2.50. The lowest BCUT2D eigenvalue weighted by atomic mass is 9.98. The minimum absolute atomic E-state index is 0.0619. The molecule has 1 fully saturated rings. The quantitative estimate of drug-likeness (QED) is 0.885. The number of urea groups is 1. The van der Waals surface area contributed by atoms with Crippen LogP contribution in [0.1, 0.15) is 44.0 Å². The summed E-state index contributed by atoms with van der Waals surface area (Å²) in [7, 11) is 0. The van der Waals surface area contributed by atoms with Gasteiger partial charge in [-0.05, 0) is 57.4 Å². The van der Waals surface area contributed by atoms with Gasteiger partial charge in [-0.25, -0.2) is 9.78 Å². The molecule has 25 heavy (non-hydrogen) atoms. The molecule has 1 aliphatic heterocycles. The van der Waals surface area contributed by atoms with Gasteiger partial charge in [0.25, 0.3) is 0 Å². The number of ether oxygens (including phenoxy) is 1. The van der Waals surface area contributed by atoms with E-state index in [2.05, 4.69) is 15.3 Å². The fourth-order valence-electron chi connectivity index (χ4n) is 3.20. The van der Waals surface area contributed by atoms with E-state index in [1.165, 1.54) is 0 Å². The molecule has 2 aromatic rings. The topological polar surface area (TPSA) is 70.2 Å². The van der Waals surface area contributed by atoms with Crippen molar-refractivity contribution in [1.29, 1.82) is 0 Å². The van der Waals surface area contributed by atoms with Gasteiger partial charge in [0.1, 0.15) is 11.6 Å². The predicted octanol–water partition coefficient (Wildman–Crippen LogP) is 3.92. The molecule has 6 nitrogen and oxygen atoms in total. The number of aromatic amines is 1. The molecule has 134 valence electrons. The first-order valence-corrected chi connectivity index (χ1v) is 8.85. The lowest BCUT2D eigenvalue weighted by Crippen LogP contribution is -2.41. The zero-order chi connectivity index (χ0) is 17.8. The summed E-state index contributed by atoms with van der Waals surface area (Å²) in [5.41, 5.74) is 1.80. The van der Waals surface area contributed by atoms with Gasteiger partial charge in [-0.1, -0.05) is 0 Å². The van der Waals surface area contributed by atoms with Crippen LogP contribution in [0.3, 0.4) is 0 Å². The van der Waals surface area contributed by atoms with Crippen LogP contribution >= 0.6 is 0 Å². The molecule has 1 aromatic heterocycles. The molecular formula is C19H26N4O2. The molecule has 0 bridgehead atoms. The average molecular weight is 342 g/mol. The first kappa shape index (κ1) is 17.3. The molecule has 0 spiro atoms. The number of anilines is 1. The molecule has 0 saturated carbocycles. The number of hydrogen-bond acceptors (Lipinski definition) is 3. The second-order valence-electron chi connectivity index (χ2n) is 6.84. The zero-order valence-corrected chi connectivity index (χ0v) is 15.1. The van der Waals surface area contributed by atoms with Crippen molar-refractivity contribution in [2.24, 2.45) is 0 Å². The van der Waals surface area contributed by atoms with Gasteiger partial charge in [-0.2, -0.15) is 0 Å². The molecule has 6 heteroatoms. The van der Waals surface area contributed by atoms with Crippen LogP contribution in [0.2, 0.25) is 0 Å². The van der Waals surface area contributed by atoms with Crippen molar-refractivity contribution in [3.63, 3.8) is 0 Å². The van der Waals surface area contributed by atoms with Crippen LogP contribution in [0.15, 0.2) is 30.6 Å². The standard InChI is InChI=1S/C19H26N4O2/c1-13(2)25-17-7-6-16(11-14(17)3)22-19(24)23-10-4-5-15(12-23)18-20-8-9-21-18/h6-9,11,13,15H,4-5,10,12H2,1-3H3,(H,20,21)(H,22,24). The Morgan fingerprint density at radius 3 is 2.96 bits per heavy atom. The maximum Gasteiger partial charge on any atom is 0.321 e. The highest BCUT2D eigenvalue weighted by molar-refractivity contribution is 5.89. The van der Waals surface area contributed by atoms with Gasteiger partial charge < -0.3 is 19.9 Å². The number of aryl methyl sites for hydroxylation is 1. The molecule has 0 radical (unpaired) electrons. The van der Waals surface area contributed by atoms with Crippen molar-refractivity contribution >= 4 is 11.7 Å². The first-order valence-electron chi connectivity index (χ1n) is 8.85. The van der Waals surface area contributed by atoms with E-state index in [4.69, 9.17) is 4.74 Å². The molecule has 2 amide bonds. The largest absolute Gasteiger partial charge is 0.491 e. The van der Waals surface area contributed by atoms with Gasteiger partial charge in [-0.15, -0.1) is 0 Å². The fraction of sp³-hybridized carbons (Fsp3) is 0.474. The SMILES string of the molecule is Cc1cc(NC(=O)N2CCCC(c3ncc[nH]3)C2)ccc1OC(C)C. The third kappa shape index (κ3) is 4.32. The molecule has 2 heterocycles. The van der Waals surface area contributed by atoms with Gasteiger partial charge in [0.2, 0.25) is 0 Å². The third-order valence-electron chi connectivity index (χ3n) is 4.40. The molecule has 2 N–H and O–H groups in total. The van der Waals surface area contributed by atoms with E-state index in [0.717, 1.165) is 42.2 Å². The van der Waals surface area contributed by atoms with Gasteiger partial charge in [-0.3, -0.25) is 0 Å². The predicted molar refractivity (Wildman–Crippen MR) is 98.1 cm³/mol. The van der Waals surface area contributed by atoms with E-state index in [0.29, 0.717) is 6.54 Å². The van der Waals surface area contributed by atoms with Gasteiger partial charge >= 0.3 is 6.03 Å². The highest BCUT2D eigenvalue weighted by atomic mass is 16.5. The second-order valence-corrected chi connectivity index (χ2v) is 6.84. The summed E-state index contributed by atoms with van der Waals surface area (Å²) in [6.07, 6.45) is 5.76. The Bertz CT molecular complexity index is 712. The molecule has 1 aliphatic rings. The van der Waals surface area contributed by atoms with Gasteiger partial charge in [0.15, 0.2) is 0 Å². The molecular weight excluding hydrogens is 316 g/mol. The third-order valence-corrected chi connectivity index (χ3v) is 4.40. The summed E-state index contributed by atoms with van der Waals surface area (Å²) in [5, 5.41) is 3.00. The van der Waals surface area contributed by atoms with Crippen LogP contribution in [0.25, 0.3) is 0 Å². The number of imidazole rings is 1. The molecule has 0 aliphatic carbocycles. The van der Waals surface area contributed by atoms with Crippen LogP contribution < -0.4 is 10.1 Å². The van der Waals surface area contributed by atoms with Crippen molar-refractivity contribution in [3.8, 4) is 5.75 Å². The zero-order valence-electron chi connectivity index (χ0n) is 15.1. The number of hydrogen-bond donors (Lipinski definition) is 2. The number of piperidine rings is 1. The minimum atomic E-state index is -0.0619. The van der Waals surface area contributed by atoms with Crippen molar-refractivity contribution in [2.75, 3.05) is 18.4 Å². The van der Waals surface area contributed by atoms with E-state index in [1.54, 1.807) is 6.20 Å². The molecule has 1 atom stereocenters. The summed E-state index contributed by atoms with van der Waals surface area (Å²) in [6.45, 7) is 7.45. The summed E-state index contributed by atoms with van der Waals surface area (Å²) < 4.78 is 5.74.